The van der Waals surface area contributed by atoms with Crippen molar-refractivity contribution >= 4 is 17.6 Å². The van der Waals surface area contributed by atoms with E-state index in [1.54, 1.807) is 12.1 Å². The second-order valence-corrected chi connectivity index (χ2v) is 3.76. The van der Waals surface area contributed by atoms with Gasteiger partial charge in [-0.15, -0.1) is 0 Å². The van der Waals surface area contributed by atoms with E-state index >= 15 is 0 Å². The van der Waals surface area contributed by atoms with Gasteiger partial charge in [-0.05, 0) is 12.1 Å². The largest absolute Gasteiger partial charge is 0.508 e. The molecule has 1 aliphatic rings. The lowest BCUT2D eigenvalue weighted by Crippen LogP contribution is -2.42. The van der Waals surface area contributed by atoms with Gasteiger partial charge in [0, 0.05) is 19.0 Å². The summed E-state index contributed by atoms with van der Waals surface area (Å²) in [4.78, 5) is 22.4. The van der Waals surface area contributed by atoms with Crippen molar-refractivity contribution < 1.29 is 19.8 Å². The number of phenolic OH excluding ortho intramolecular Hbond substituents is 1. The first-order valence-corrected chi connectivity index (χ1v) is 5.16. The smallest absolute Gasteiger partial charge is 0.319 e. The van der Waals surface area contributed by atoms with Crippen molar-refractivity contribution in [3.63, 3.8) is 0 Å². The average molecular weight is 236 g/mol. The van der Waals surface area contributed by atoms with Gasteiger partial charge in [0.2, 0.25) is 5.91 Å². The number of aliphatic carboxylic acids is 1. The lowest BCUT2D eigenvalue weighted by atomic mass is 10.3. The number of carboxylic acid groups (broad SMARTS) is 1. The minimum atomic E-state index is -0.996. The van der Waals surface area contributed by atoms with Gasteiger partial charge in [-0.3, -0.25) is 9.59 Å². The zero-order chi connectivity index (χ0) is 12.4. The lowest BCUT2D eigenvalue weighted by molar-refractivity contribution is -0.138. The molecule has 1 aliphatic heterocycles. The van der Waals surface area contributed by atoms with Crippen molar-refractivity contribution in [1.29, 1.82) is 0 Å². The number of amides is 1. The first-order chi connectivity index (χ1) is 8.08. The number of carboxylic acids is 1. The Balaban J connectivity index is 2.27. The summed E-state index contributed by atoms with van der Waals surface area (Å²) in [6.07, 6.45) is 0.281. The maximum atomic E-state index is 11.7. The number of anilines is 1. The molecule has 1 heterocycles. The molecule has 0 radical (unpaired) electrons. The van der Waals surface area contributed by atoms with Gasteiger partial charge in [0.05, 0.1) is 5.69 Å². The van der Waals surface area contributed by atoms with Gasteiger partial charge in [-0.2, -0.15) is 0 Å². The molecule has 1 fully saturated rings. The molecule has 0 spiro atoms. The van der Waals surface area contributed by atoms with E-state index in [9.17, 15) is 14.7 Å². The number of carbonyl (C=O) groups excluding carboxylic acids is 1. The number of aromatic hydroxyl groups is 1. The fourth-order valence-electron chi connectivity index (χ4n) is 1.83. The molecule has 6 heteroatoms. The van der Waals surface area contributed by atoms with Crippen LogP contribution in [0.3, 0.4) is 0 Å². The van der Waals surface area contributed by atoms with Crippen LogP contribution in [0.2, 0.25) is 0 Å². The molecule has 0 saturated carbocycles. The monoisotopic (exact) mass is 236 g/mol. The number of hydrazine groups is 1. The summed E-state index contributed by atoms with van der Waals surface area (Å²) in [5.74, 6) is -1.13. The van der Waals surface area contributed by atoms with Crippen LogP contribution in [0.4, 0.5) is 5.69 Å². The van der Waals surface area contributed by atoms with Gasteiger partial charge in [-0.25, -0.2) is 10.0 Å². The molecule has 1 saturated heterocycles. The average Bonchev–Trinajstić information content (AvgIpc) is 2.59. The third kappa shape index (κ3) is 2.36. The molecule has 0 unspecified atom stereocenters. The van der Waals surface area contributed by atoms with Crippen molar-refractivity contribution in [2.45, 2.75) is 6.42 Å². The molecule has 0 aromatic heterocycles. The molecule has 90 valence electrons. The third-order valence-corrected chi connectivity index (χ3v) is 2.49. The molecule has 0 aliphatic carbocycles. The molecular formula is C11H12N2O4. The molecule has 2 N–H and O–H groups in total. The molecule has 1 amide bonds. The van der Waals surface area contributed by atoms with Crippen LogP contribution in [0.25, 0.3) is 0 Å². The Morgan fingerprint density at radius 3 is 2.82 bits per heavy atom. The SMILES string of the molecule is O=C(O)CN1CCC(=O)N1c1cccc(O)c1. The van der Waals surface area contributed by atoms with Gasteiger partial charge >= 0.3 is 5.97 Å². The minimum absolute atomic E-state index is 0.0393. The maximum Gasteiger partial charge on any atom is 0.319 e. The van der Waals surface area contributed by atoms with E-state index in [1.807, 2.05) is 0 Å². The number of hydrogen-bond acceptors (Lipinski definition) is 4. The fraction of sp³-hybridized carbons (Fsp3) is 0.273. The molecule has 0 bridgehead atoms. The number of nitrogens with zero attached hydrogens (tertiary/aromatic N) is 2. The summed E-state index contributed by atoms with van der Waals surface area (Å²) in [5, 5.41) is 20.8. The van der Waals surface area contributed by atoms with Crippen molar-refractivity contribution in [1.82, 2.24) is 5.01 Å². The van der Waals surface area contributed by atoms with Crippen LogP contribution in [-0.4, -0.2) is 40.2 Å². The van der Waals surface area contributed by atoms with Gasteiger partial charge < -0.3 is 10.2 Å². The van der Waals surface area contributed by atoms with E-state index < -0.39 is 5.97 Å². The summed E-state index contributed by atoms with van der Waals surface area (Å²) in [6.45, 7) is 0.141. The summed E-state index contributed by atoms with van der Waals surface area (Å²) in [6, 6.07) is 6.18. The van der Waals surface area contributed by atoms with E-state index in [1.165, 1.54) is 22.2 Å². The molecular weight excluding hydrogens is 224 g/mol. The Kier molecular flexibility index (Phi) is 2.97. The van der Waals surface area contributed by atoms with Gasteiger partial charge in [0.25, 0.3) is 0 Å². The number of phenols is 1. The Labute approximate surface area is 97.7 Å². The highest BCUT2D eigenvalue weighted by atomic mass is 16.4. The van der Waals surface area contributed by atoms with Crippen LogP contribution in [0.5, 0.6) is 5.75 Å². The van der Waals surface area contributed by atoms with Crippen molar-refractivity contribution in [3.8, 4) is 5.75 Å². The van der Waals surface area contributed by atoms with Crippen LogP contribution in [-0.2, 0) is 9.59 Å². The number of carbonyl (C=O) groups is 2. The molecule has 1 aromatic carbocycles. The first kappa shape index (κ1) is 11.4. The predicted molar refractivity (Wildman–Crippen MR) is 59.4 cm³/mol. The molecule has 1 aromatic rings. The second-order valence-electron chi connectivity index (χ2n) is 3.76. The fourth-order valence-corrected chi connectivity index (χ4v) is 1.83. The third-order valence-electron chi connectivity index (χ3n) is 2.49. The Morgan fingerprint density at radius 2 is 2.18 bits per heavy atom. The Bertz CT molecular complexity index is 461. The number of hydrogen-bond donors (Lipinski definition) is 2. The molecule has 0 atom stereocenters. The van der Waals surface area contributed by atoms with Crippen LogP contribution < -0.4 is 5.01 Å². The van der Waals surface area contributed by atoms with E-state index in [2.05, 4.69) is 0 Å². The normalized spacial score (nSPS) is 16.5. The molecule has 2 rings (SSSR count). The summed E-state index contributed by atoms with van der Waals surface area (Å²) in [5.41, 5.74) is 0.480. The van der Waals surface area contributed by atoms with Gasteiger partial charge in [0.1, 0.15) is 12.3 Å². The highest BCUT2D eigenvalue weighted by Crippen LogP contribution is 2.25. The van der Waals surface area contributed by atoms with Crippen molar-refractivity contribution in [3.05, 3.63) is 24.3 Å². The van der Waals surface area contributed by atoms with E-state index in [0.717, 1.165) is 0 Å². The standard InChI is InChI=1S/C11H12N2O4/c14-9-3-1-2-8(6-9)13-10(15)4-5-12(13)7-11(16)17/h1-3,6,14H,4-5,7H2,(H,16,17). The maximum absolute atomic E-state index is 11.7. The quantitative estimate of drug-likeness (QED) is 0.795. The number of benzene rings is 1. The lowest BCUT2D eigenvalue weighted by Gasteiger charge is -2.26. The van der Waals surface area contributed by atoms with Gasteiger partial charge in [0.15, 0.2) is 0 Å². The summed E-state index contributed by atoms with van der Waals surface area (Å²) in [7, 11) is 0. The molecule has 6 nitrogen and oxygen atoms in total. The Morgan fingerprint density at radius 1 is 1.41 bits per heavy atom. The molecule has 17 heavy (non-hydrogen) atoms. The highest BCUT2D eigenvalue weighted by molar-refractivity contribution is 5.95. The predicted octanol–water partition coefficient (Wildman–Crippen LogP) is 0.430. The highest BCUT2D eigenvalue weighted by Gasteiger charge is 2.31. The number of rotatable bonds is 3. The zero-order valence-corrected chi connectivity index (χ0v) is 9.04. The van der Waals surface area contributed by atoms with E-state index in [-0.39, 0.29) is 24.6 Å². The summed E-state index contributed by atoms with van der Waals surface area (Å²) < 4.78 is 0. The van der Waals surface area contributed by atoms with Crippen molar-refractivity contribution in [2.24, 2.45) is 0 Å². The summed E-state index contributed by atoms with van der Waals surface area (Å²) >= 11 is 0. The topological polar surface area (TPSA) is 81.1 Å². The zero-order valence-electron chi connectivity index (χ0n) is 9.04. The van der Waals surface area contributed by atoms with Crippen LogP contribution in [0, 0.1) is 0 Å². The van der Waals surface area contributed by atoms with Crippen LogP contribution >= 0.6 is 0 Å². The van der Waals surface area contributed by atoms with E-state index in [0.29, 0.717) is 12.2 Å². The van der Waals surface area contributed by atoms with Crippen LogP contribution in [0.1, 0.15) is 6.42 Å². The second kappa shape index (κ2) is 4.42. The van der Waals surface area contributed by atoms with Crippen molar-refractivity contribution in [2.75, 3.05) is 18.1 Å². The van der Waals surface area contributed by atoms with E-state index in [4.69, 9.17) is 5.11 Å². The van der Waals surface area contributed by atoms with Gasteiger partial charge in [-0.1, -0.05) is 6.07 Å². The minimum Gasteiger partial charge on any atom is -0.508 e. The Hall–Kier alpha value is -2.08. The van der Waals surface area contributed by atoms with Crippen LogP contribution in [0.15, 0.2) is 24.3 Å². The first-order valence-electron chi connectivity index (χ1n) is 5.16.